The third-order valence-electron chi connectivity index (χ3n) is 24.3. The zero-order valence-electron chi connectivity index (χ0n) is 83.5. The molecule has 0 aromatic heterocycles. The molecule has 0 saturated carbocycles. The molecule has 14 amide bonds. The molecule has 0 saturated heterocycles. The maximum absolute atomic E-state index is 13.4. The van der Waals surface area contributed by atoms with Gasteiger partial charge in [-0.05, 0) is 218 Å². The monoisotopic (exact) mass is 1890 g/mol. The summed E-state index contributed by atoms with van der Waals surface area (Å²) in [5, 5.41) is 38.7. The third-order valence-corrected chi connectivity index (χ3v) is 24.3. The minimum atomic E-state index is -0.652. The summed E-state index contributed by atoms with van der Waals surface area (Å²) in [6, 6.07) is -4.30. The topological polar surface area (TPSA) is 615 Å². The summed E-state index contributed by atoms with van der Waals surface area (Å²) < 4.78 is 0. The highest BCUT2D eigenvalue weighted by Gasteiger charge is 2.28. The first-order valence-electron chi connectivity index (χ1n) is 53.1. The Morgan fingerprint density at radius 3 is 0.466 bits per heavy atom. The molecule has 133 heavy (non-hydrogen) atoms. The Morgan fingerprint density at radius 1 is 0.180 bits per heavy atom. The SMILES string of the molecule is CCCCCCCC(=O)NC(CCCC[NH3+])C(=O)NCCCCCCCC(=O)NC(CCCC[NH3+])C(=O)NCCCCCCCC(=O)NC(CCCC[NH3+])C(=O)NCCCCCCCC(=O)NC(CCCC[NH3+])C(=O)NCCCCCCCC(=O)NC(CCCC[NH3+])C(=O)NCCCCCCCC(=O)NC(CCCC[NH3+])C(=O)NCCCCCCCC(=O)NC(CCCC[NH3+])C(N)=O. The van der Waals surface area contributed by atoms with Gasteiger partial charge in [0.15, 0.2) is 0 Å². The molecular weight excluding hydrogens is 1700 g/mol. The average molecular weight is 1890 g/mol. The van der Waals surface area contributed by atoms with Crippen LogP contribution in [-0.2, 0) is 67.1 Å². The fourth-order valence-corrected chi connectivity index (χ4v) is 16.0. The Balaban J connectivity index is 4.66. The molecule has 0 aromatic rings. The number of carbonyl (C=O) groups is 14. The molecular formula is C98H198N21O14+7. The minimum absolute atomic E-state index is 0.0657. The predicted molar refractivity (Wildman–Crippen MR) is 522 cm³/mol. The highest BCUT2D eigenvalue weighted by atomic mass is 16.2. The molecule has 35 heteroatoms. The highest BCUT2D eigenvalue weighted by Crippen LogP contribution is 2.17. The number of nitrogens with two attached hydrogens (primary N) is 1. The van der Waals surface area contributed by atoms with Gasteiger partial charge in [-0.1, -0.05) is 148 Å². The Kier molecular flexibility index (Phi) is 85.5. The summed E-state index contributed by atoms with van der Waals surface area (Å²) in [6.45, 7) is 10.4. The summed E-state index contributed by atoms with van der Waals surface area (Å²) in [5.74, 6) is -2.61. The maximum Gasteiger partial charge on any atom is 0.242 e. The van der Waals surface area contributed by atoms with Crippen LogP contribution in [0.4, 0.5) is 0 Å². The molecule has 0 aliphatic heterocycles. The number of primary amides is 1. The number of rotatable bonds is 96. The van der Waals surface area contributed by atoms with E-state index < -0.39 is 48.2 Å². The molecule has 772 valence electrons. The molecule has 0 aromatic carbocycles. The second-order valence-electron chi connectivity index (χ2n) is 36.7. The van der Waals surface area contributed by atoms with Crippen molar-refractivity contribution in [1.29, 1.82) is 0 Å². The van der Waals surface area contributed by atoms with Crippen molar-refractivity contribution in [2.24, 2.45) is 5.73 Å². The van der Waals surface area contributed by atoms with Crippen molar-refractivity contribution in [2.75, 3.05) is 85.1 Å². The molecule has 0 bridgehead atoms. The van der Waals surface area contributed by atoms with Gasteiger partial charge in [0.2, 0.25) is 82.7 Å². The standard InChI is InChI=1S/C98H191N21O14/c1-2-3-4-11-24-59-86(121)114-79(52-32-39-66-100)93(128)107-73-46-19-6-13-26-61-88(123)116-81(54-34-41-68-102)95(130)109-75-48-21-8-15-28-63-90(125)118-83(56-36-43-70-104)97(132)111-77-50-23-10-17-30-64-91(126)119-84(57-37-44-71-105)98(133)112-76-49-22-9-16-29-62-89(124)117-82(55-35-42-69-103)96(131)110-74-47-20-7-14-27-60-87(122)115-80(53-33-40-67-101)94(129)108-72-45-18-5-12-25-58-85(120)113-78(92(106)127)51-31-38-65-99/h78-84H,2-77,99-105H2,1H3,(H2,106,127)(H,107,128)(H,108,129)(H,109,130)(H,110,131)(H,111,132)(H,112,133)(H,113,120)(H,114,121)(H,115,122)(H,116,123)(H,117,124)(H,118,125)(H,119,126)/p+7. The first kappa shape index (κ1) is 125. The van der Waals surface area contributed by atoms with E-state index in [9.17, 15) is 67.1 Å². The lowest BCUT2D eigenvalue weighted by Gasteiger charge is -2.19. The molecule has 0 radical (unpaired) electrons. The lowest BCUT2D eigenvalue weighted by atomic mass is 10.1. The van der Waals surface area contributed by atoms with Crippen molar-refractivity contribution in [3.05, 3.63) is 0 Å². The summed E-state index contributed by atoms with van der Waals surface area (Å²) in [5.41, 5.74) is 32.8. The molecule has 7 unspecified atom stereocenters. The zero-order valence-corrected chi connectivity index (χ0v) is 83.5. The van der Waals surface area contributed by atoms with Crippen LogP contribution < -0.4 is 115 Å². The van der Waals surface area contributed by atoms with Crippen LogP contribution in [0.3, 0.4) is 0 Å². The molecule has 0 spiro atoms. The van der Waals surface area contributed by atoms with Crippen LogP contribution in [0.15, 0.2) is 0 Å². The van der Waals surface area contributed by atoms with Crippen molar-refractivity contribution in [2.45, 2.75) is 454 Å². The maximum atomic E-state index is 13.4. The van der Waals surface area contributed by atoms with E-state index in [4.69, 9.17) is 5.73 Å². The van der Waals surface area contributed by atoms with E-state index >= 15 is 0 Å². The van der Waals surface area contributed by atoms with Gasteiger partial charge in [0.05, 0.1) is 45.8 Å². The number of hydrogen-bond acceptors (Lipinski definition) is 14. The van der Waals surface area contributed by atoms with Crippen molar-refractivity contribution in [1.82, 2.24) is 69.1 Å². The molecule has 36 N–H and O–H groups in total. The number of amides is 14. The summed E-state index contributed by atoms with van der Waals surface area (Å²) in [4.78, 5) is 182. The minimum Gasteiger partial charge on any atom is -0.368 e. The average Bonchev–Trinajstić information content (AvgIpc) is 0.941. The van der Waals surface area contributed by atoms with Gasteiger partial charge in [-0.15, -0.1) is 0 Å². The Morgan fingerprint density at radius 2 is 0.316 bits per heavy atom. The van der Waals surface area contributed by atoms with Gasteiger partial charge < -0.3 is 115 Å². The van der Waals surface area contributed by atoms with Crippen LogP contribution in [0.2, 0.25) is 0 Å². The van der Waals surface area contributed by atoms with Crippen molar-refractivity contribution >= 4 is 82.7 Å². The fourth-order valence-electron chi connectivity index (χ4n) is 16.0. The smallest absolute Gasteiger partial charge is 0.242 e. The highest BCUT2D eigenvalue weighted by molar-refractivity contribution is 5.91. The van der Waals surface area contributed by atoms with Gasteiger partial charge in [0.25, 0.3) is 0 Å². The third kappa shape index (κ3) is 76.1. The van der Waals surface area contributed by atoms with Gasteiger partial charge in [0.1, 0.15) is 42.3 Å². The van der Waals surface area contributed by atoms with E-state index in [2.05, 4.69) is 116 Å². The van der Waals surface area contributed by atoms with E-state index in [-0.39, 0.29) is 76.8 Å². The van der Waals surface area contributed by atoms with Crippen LogP contribution in [-0.4, -0.2) is 210 Å². The second-order valence-corrected chi connectivity index (χ2v) is 36.7. The molecule has 0 rings (SSSR count). The largest absolute Gasteiger partial charge is 0.368 e. The Bertz CT molecular complexity index is 3000. The summed E-state index contributed by atoms with van der Waals surface area (Å²) >= 11 is 0. The van der Waals surface area contributed by atoms with Gasteiger partial charge in [0, 0.05) is 84.2 Å². The van der Waals surface area contributed by atoms with Crippen molar-refractivity contribution in [3.63, 3.8) is 0 Å². The second kappa shape index (κ2) is 90.8. The number of nitrogens with one attached hydrogen (secondary N) is 13. The number of carbonyl (C=O) groups excluding carboxylic acids is 14. The fraction of sp³-hybridized carbons (Fsp3) is 0.857. The van der Waals surface area contributed by atoms with Crippen LogP contribution >= 0.6 is 0 Å². The Labute approximate surface area is 799 Å². The molecule has 0 heterocycles. The van der Waals surface area contributed by atoms with Gasteiger partial charge in [-0.3, -0.25) is 67.1 Å². The van der Waals surface area contributed by atoms with Crippen LogP contribution in [0.1, 0.15) is 411 Å². The normalized spacial score (nSPS) is 12.8. The van der Waals surface area contributed by atoms with Gasteiger partial charge >= 0.3 is 0 Å². The van der Waals surface area contributed by atoms with Crippen LogP contribution in [0.5, 0.6) is 0 Å². The number of quaternary nitrogens is 7. The van der Waals surface area contributed by atoms with Gasteiger partial charge in [-0.25, -0.2) is 0 Å². The predicted octanol–water partition coefficient (Wildman–Crippen LogP) is 2.85. The molecule has 7 atom stereocenters. The molecule has 0 aliphatic rings. The molecule has 0 aliphatic carbocycles. The lowest BCUT2D eigenvalue weighted by Crippen LogP contribution is -2.50. The molecule has 0 fully saturated rings. The Hall–Kier alpha value is -7.70. The van der Waals surface area contributed by atoms with Crippen molar-refractivity contribution < 1.29 is 107 Å². The van der Waals surface area contributed by atoms with E-state index in [1.807, 2.05) is 0 Å². The van der Waals surface area contributed by atoms with E-state index in [0.717, 1.165) is 315 Å². The summed E-state index contributed by atoms with van der Waals surface area (Å²) in [6.07, 6.45) is 47.2. The molecule has 35 nitrogen and oxygen atoms in total. The quantitative estimate of drug-likeness (QED) is 0.0390. The lowest BCUT2D eigenvalue weighted by molar-refractivity contribution is -0.368. The van der Waals surface area contributed by atoms with E-state index in [0.29, 0.717) is 168 Å². The van der Waals surface area contributed by atoms with Crippen molar-refractivity contribution in [3.8, 4) is 0 Å². The van der Waals surface area contributed by atoms with E-state index in [1.165, 1.54) is 6.42 Å². The van der Waals surface area contributed by atoms with Gasteiger partial charge in [-0.2, -0.15) is 0 Å². The zero-order chi connectivity index (χ0) is 98.1. The number of unbranched alkanes of at least 4 members (excludes halogenated alkanes) is 35. The van der Waals surface area contributed by atoms with E-state index in [1.54, 1.807) is 0 Å². The van der Waals surface area contributed by atoms with Crippen LogP contribution in [0.25, 0.3) is 0 Å². The summed E-state index contributed by atoms with van der Waals surface area (Å²) in [7, 11) is 0. The van der Waals surface area contributed by atoms with Crippen LogP contribution in [0, 0.1) is 0 Å². The number of hydrogen-bond donors (Lipinski definition) is 21. The first-order chi connectivity index (χ1) is 64.5. The first-order valence-corrected chi connectivity index (χ1v) is 53.1.